The van der Waals surface area contributed by atoms with Crippen molar-refractivity contribution in [1.82, 2.24) is 4.98 Å². The number of aromatic nitrogens is 1. The van der Waals surface area contributed by atoms with Crippen molar-refractivity contribution in [1.29, 1.82) is 0 Å². The molecule has 0 saturated carbocycles. The molecular weight excluding hydrogens is 334 g/mol. The van der Waals surface area contributed by atoms with Crippen LogP contribution in [0.5, 0.6) is 0 Å². The maximum absolute atomic E-state index is 3.49. The monoisotopic (exact) mass is 347 g/mol. The molecule has 0 fully saturated rings. The number of benzene rings is 3. The van der Waals surface area contributed by atoms with Gasteiger partial charge in [0.1, 0.15) is 0 Å². The molecule has 106 valence electrons. The molecule has 0 unspecified atom stereocenters. The Labute approximate surface area is 137 Å². The maximum atomic E-state index is 3.49. The third-order valence-corrected chi connectivity index (χ3v) is 4.41. The van der Waals surface area contributed by atoms with Gasteiger partial charge in [0, 0.05) is 21.1 Å². The highest BCUT2D eigenvalue weighted by Crippen LogP contribution is 2.29. The minimum Gasteiger partial charge on any atom is -0.355 e. The molecule has 0 spiro atoms. The summed E-state index contributed by atoms with van der Waals surface area (Å²) in [6.07, 6.45) is 0. The van der Waals surface area contributed by atoms with Gasteiger partial charge in [0.25, 0.3) is 0 Å². The van der Waals surface area contributed by atoms with Crippen LogP contribution in [0.25, 0.3) is 33.3 Å². The lowest BCUT2D eigenvalue weighted by Gasteiger charge is -2.00. The lowest BCUT2D eigenvalue weighted by Crippen LogP contribution is -1.77. The highest BCUT2D eigenvalue weighted by atomic mass is 79.9. The molecule has 4 rings (SSSR count). The molecule has 1 heterocycles. The summed E-state index contributed by atoms with van der Waals surface area (Å²) in [5.41, 5.74) is 6.00. The number of hydrogen-bond donors (Lipinski definition) is 1. The van der Waals surface area contributed by atoms with E-state index >= 15 is 0 Å². The Balaban J connectivity index is 1.80. The van der Waals surface area contributed by atoms with Gasteiger partial charge in [-0.05, 0) is 47.0 Å². The molecule has 0 aliphatic heterocycles. The summed E-state index contributed by atoms with van der Waals surface area (Å²) >= 11 is 3.48. The Morgan fingerprint density at radius 3 is 2.14 bits per heavy atom. The van der Waals surface area contributed by atoms with Crippen LogP contribution in [0.2, 0.25) is 0 Å². The van der Waals surface area contributed by atoms with Gasteiger partial charge >= 0.3 is 0 Å². The molecule has 22 heavy (non-hydrogen) atoms. The molecule has 0 radical (unpaired) electrons. The van der Waals surface area contributed by atoms with E-state index in [4.69, 9.17) is 0 Å². The SMILES string of the molecule is Brc1ccc(-c2cc3cc(-c4ccccc4)ccc3[nH]2)cc1. The van der Waals surface area contributed by atoms with E-state index in [1.54, 1.807) is 0 Å². The Morgan fingerprint density at radius 1 is 0.636 bits per heavy atom. The first-order valence-corrected chi connectivity index (χ1v) is 8.03. The van der Waals surface area contributed by atoms with Crippen LogP contribution < -0.4 is 0 Å². The number of fused-ring (bicyclic) bond motifs is 1. The van der Waals surface area contributed by atoms with Gasteiger partial charge in [0.05, 0.1) is 0 Å². The van der Waals surface area contributed by atoms with E-state index in [0.29, 0.717) is 0 Å². The van der Waals surface area contributed by atoms with E-state index < -0.39 is 0 Å². The first kappa shape index (κ1) is 13.4. The molecule has 2 heteroatoms. The van der Waals surface area contributed by atoms with Gasteiger partial charge in [-0.1, -0.05) is 64.5 Å². The fourth-order valence-electron chi connectivity index (χ4n) is 2.73. The zero-order valence-electron chi connectivity index (χ0n) is 11.9. The van der Waals surface area contributed by atoms with Gasteiger partial charge in [0.2, 0.25) is 0 Å². The Hall–Kier alpha value is -2.32. The van der Waals surface area contributed by atoms with Crippen molar-refractivity contribution in [3.63, 3.8) is 0 Å². The zero-order valence-corrected chi connectivity index (χ0v) is 13.5. The second-order valence-corrected chi connectivity index (χ2v) is 6.27. The van der Waals surface area contributed by atoms with Crippen LogP contribution in [0.1, 0.15) is 0 Å². The Bertz CT molecular complexity index is 921. The molecule has 1 nitrogen and oxygen atoms in total. The van der Waals surface area contributed by atoms with Crippen molar-refractivity contribution >= 4 is 26.8 Å². The number of H-pyrrole nitrogens is 1. The first-order chi connectivity index (χ1) is 10.8. The van der Waals surface area contributed by atoms with Crippen LogP contribution in [0.15, 0.2) is 83.3 Å². The van der Waals surface area contributed by atoms with E-state index in [0.717, 1.165) is 15.7 Å². The van der Waals surface area contributed by atoms with Crippen molar-refractivity contribution in [3.8, 4) is 22.4 Å². The Morgan fingerprint density at radius 2 is 1.36 bits per heavy atom. The van der Waals surface area contributed by atoms with Crippen molar-refractivity contribution < 1.29 is 0 Å². The van der Waals surface area contributed by atoms with Gasteiger partial charge < -0.3 is 4.98 Å². The largest absolute Gasteiger partial charge is 0.355 e. The zero-order chi connectivity index (χ0) is 14.9. The second-order valence-electron chi connectivity index (χ2n) is 5.36. The average molecular weight is 348 g/mol. The summed E-state index contributed by atoms with van der Waals surface area (Å²) in [4.78, 5) is 3.49. The number of nitrogens with one attached hydrogen (secondary N) is 1. The molecule has 0 atom stereocenters. The first-order valence-electron chi connectivity index (χ1n) is 7.24. The van der Waals surface area contributed by atoms with Crippen LogP contribution in [0.4, 0.5) is 0 Å². The van der Waals surface area contributed by atoms with E-state index in [-0.39, 0.29) is 0 Å². The number of rotatable bonds is 2. The number of hydrogen-bond acceptors (Lipinski definition) is 0. The second kappa shape index (κ2) is 5.47. The molecule has 0 aliphatic carbocycles. The van der Waals surface area contributed by atoms with Gasteiger partial charge in [-0.15, -0.1) is 0 Å². The lowest BCUT2D eigenvalue weighted by molar-refractivity contribution is 1.45. The van der Waals surface area contributed by atoms with Crippen LogP contribution in [-0.2, 0) is 0 Å². The molecule has 1 aromatic heterocycles. The normalized spacial score (nSPS) is 11.0. The lowest BCUT2D eigenvalue weighted by atomic mass is 10.0. The van der Waals surface area contributed by atoms with E-state index in [1.165, 1.54) is 22.1 Å². The summed E-state index contributed by atoms with van der Waals surface area (Å²) in [6, 6.07) is 27.6. The quantitative estimate of drug-likeness (QED) is 0.440. The molecule has 0 saturated heterocycles. The number of aromatic amines is 1. The van der Waals surface area contributed by atoms with Crippen molar-refractivity contribution in [2.24, 2.45) is 0 Å². The van der Waals surface area contributed by atoms with Crippen molar-refractivity contribution in [2.75, 3.05) is 0 Å². The number of halogens is 1. The smallest absolute Gasteiger partial charge is 0.0464 e. The summed E-state index contributed by atoms with van der Waals surface area (Å²) in [7, 11) is 0. The molecule has 0 amide bonds. The van der Waals surface area contributed by atoms with Crippen molar-refractivity contribution in [3.05, 3.63) is 83.3 Å². The standard InChI is InChI=1S/C20H14BrN/c21-18-9-6-15(7-10-18)20-13-17-12-16(8-11-19(17)22-20)14-4-2-1-3-5-14/h1-13,22H. The fraction of sp³-hybridized carbons (Fsp3) is 0. The molecular formula is C20H14BrN. The summed E-state index contributed by atoms with van der Waals surface area (Å²) in [5, 5.41) is 1.24. The minimum absolute atomic E-state index is 1.10. The topological polar surface area (TPSA) is 15.8 Å². The van der Waals surface area contributed by atoms with Crippen molar-refractivity contribution in [2.45, 2.75) is 0 Å². The van der Waals surface area contributed by atoms with Crippen LogP contribution in [0, 0.1) is 0 Å². The molecule has 0 bridgehead atoms. The predicted molar refractivity (Wildman–Crippen MR) is 96.9 cm³/mol. The third kappa shape index (κ3) is 2.46. The highest BCUT2D eigenvalue weighted by Gasteiger charge is 2.05. The highest BCUT2D eigenvalue weighted by molar-refractivity contribution is 9.10. The summed E-state index contributed by atoms with van der Waals surface area (Å²) in [5.74, 6) is 0. The minimum atomic E-state index is 1.10. The average Bonchev–Trinajstić information content (AvgIpc) is 2.99. The van der Waals surface area contributed by atoms with Crippen LogP contribution >= 0.6 is 15.9 Å². The summed E-state index contributed by atoms with van der Waals surface area (Å²) in [6.45, 7) is 0. The third-order valence-electron chi connectivity index (χ3n) is 3.88. The van der Waals surface area contributed by atoms with Gasteiger partial charge in [-0.2, -0.15) is 0 Å². The van der Waals surface area contributed by atoms with E-state index in [1.807, 2.05) is 6.07 Å². The molecule has 1 N–H and O–H groups in total. The predicted octanol–water partition coefficient (Wildman–Crippen LogP) is 6.26. The van der Waals surface area contributed by atoms with Gasteiger partial charge in [-0.25, -0.2) is 0 Å². The van der Waals surface area contributed by atoms with Gasteiger partial charge in [-0.3, -0.25) is 0 Å². The van der Waals surface area contributed by atoms with Crippen LogP contribution in [-0.4, -0.2) is 4.98 Å². The van der Waals surface area contributed by atoms with E-state index in [9.17, 15) is 0 Å². The molecule has 4 aromatic rings. The van der Waals surface area contributed by atoms with Gasteiger partial charge in [0.15, 0.2) is 0 Å². The Kier molecular flexibility index (Phi) is 3.32. The van der Waals surface area contributed by atoms with E-state index in [2.05, 4.69) is 93.7 Å². The maximum Gasteiger partial charge on any atom is 0.0464 e. The molecule has 3 aromatic carbocycles. The van der Waals surface area contributed by atoms with Crippen LogP contribution in [0.3, 0.4) is 0 Å². The fourth-order valence-corrected chi connectivity index (χ4v) is 2.99. The summed E-state index contributed by atoms with van der Waals surface area (Å²) < 4.78 is 1.10. The molecule has 0 aliphatic rings.